The highest BCUT2D eigenvalue weighted by Crippen LogP contribution is 2.22. The second-order valence-electron chi connectivity index (χ2n) is 5.65. The van der Waals surface area contributed by atoms with Gasteiger partial charge >= 0.3 is 6.03 Å². The van der Waals surface area contributed by atoms with E-state index in [-0.39, 0.29) is 24.3 Å². The summed E-state index contributed by atoms with van der Waals surface area (Å²) in [6, 6.07) is 11.7. The molecule has 0 bridgehead atoms. The highest BCUT2D eigenvalue weighted by molar-refractivity contribution is 5.91. The maximum absolute atomic E-state index is 12.8. The molecular weight excluding hydrogens is 353 g/mol. The van der Waals surface area contributed by atoms with Crippen molar-refractivity contribution in [1.82, 2.24) is 5.32 Å². The van der Waals surface area contributed by atoms with Gasteiger partial charge in [0.05, 0.1) is 0 Å². The molecule has 0 heterocycles. The van der Waals surface area contributed by atoms with Crippen LogP contribution in [0.2, 0.25) is 0 Å². The number of carbonyl (C=O) groups is 1. The Balaban J connectivity index is 0.00000338. The topological polar surface area (TPSA) is 44.4 Å². The summed E-state index contributed by atoms with van der Waals surface area (Å²) in [5.74, 6) is -0.286. The van der Waals surface area contributed by atoms with E-state index in [0.717, 1.165) is 35.6 Å². The normalized spacial score (nSPS) is 10.3. The first kappa shape index (κ1) is 21.5. The van der Waals surface area contributed by atoms with E-state index in [4.69, 9.17) is 0 Å². The number of amides is 2. The van der Waals surface area contributed by atoms with Crippen LogP contribution in [0.4, 0.5) is 20.6 Å². The van der Waals surface area contributed by atoms with Crippen LogP contribution in [-0.4, -0.2) is 19.1 Å². The first-order chi connectivity index (χ1) is 12.0. The van der Waals surface area contributed by atoms with E-state index < -0.39 is 0 Å². The fourth-order valence-electron chi connectivity index (χ4n) is 2.52. The minimum Gasteiger partial charge on any atom is -1.00 e. The molecule has 140 valence electrons. The maximum atomic E-state index is 12.8. The quantitative estimate of drug-likeness (QED) is 0.807. The number of hydrogen-bond donors (Lipinski definition) is 2. The third-order valence-corrected chi connectivity index (χ3v) is 3.95. The lowest BCUT2D eigenvalue weighted by Crippen LogP contribution is -3.00. The lowest BCUT2D eigenvalue weighted by Gasteiger charge is -2.22. The molecule has 0 radical (unpaired) electrons. The van der Waals surface area contributed by atoms with Crippen molar-refractivity contribution >= 4 is 23.5 Å². The predicted octanol–water partition coefficient (Wildman–Crippen LogP) is 1.78. The molecule has 2 aromatic carbocycles. The fraction of sp³-hybridized carbons (Fsp3) is 0.250. The third-order valence-electron chi connectivity index (χ3n) is 3.95. The molecule has 26 heavy (non-hydrogen) atoms. The zero-order valence-corrected chi connectivity index (χ0v) is 16.0. The number of aryl methyl sites for hydroxylation is 1. The van der Waals surface area contributed by atoms with Crippen molar-refractivity contribution in [3.05, 3.63) is 65.6 Å². The molecule has 0 aliphatic heterocycles. The van der Waals surface area contributed by atoms with Crippen molar-refractivity contribution in [2.45, 2.75) is 20.8 Å². The van der Waals surface area contributed by atoms with Gasteiger partial charge < -0.3 is 27.9 Å². The second kappa shape index (κ2) is 10.5. The molecular formula is C20H24ClFN3O-. The number of halogens is 2. The van der Waals surface area contributed by atoms with Crippen molar-refractivity contribution in [1.29, 1.82) is 0 Å². The molecule has 0 atom stereocenters. The Hall–Kier alpha value is -2.53. The van der Waals surface area contributed by atoms with E-state index in [2.05, 4.69) is 35.4 Å². The summed E-state index contributed by atoms with van der Waals surface area (Å²) in [5.41, 5.74) is 3.72. The number of anilines is 2. The van der Waals surface area contributed by atoms with Crippen LogP contribution in [0.3, 0.4) is 0 Å². The van der Waals surface area contributed by atoms with E-state index >= 15 is 0 Å². The molecule has 0 aliphatic rings. The number of benzene rings is 2. The number of hydrogen-bond acceptors (Lipinski definition) is 2. The molecule has 0 saturated carbocycles. The number of nitrogens with zero attached hydrogens (tertiary/aromatic N) is 1. The molecule has 0 aromatic heterocycles. The molecule has 0 aliphatic carbocycles. The number of nitrogens with one attached hydrogen (secondary N) is 2. The molecule has 2 aromatic rings. The van der Waals surface area contributed by atoms with E-state index in [1.165, 1.54) is 18.3 Å². The zero-order chi connectivity index (χ0) is 18.2. The minimum absolute atomic E-state index is 0. The first-order valence-electron chi connectivity index (χ1n) is 8.38. The summed E-state index contributed by atoms with van der Waals surface area (Å²) in [6.07, 6.45) is 3.23. The SMILES string of the molecule is CCN(CC)c1ccc(NC(=O)N/C=C/c2ccc(F)cc2)c(C)c1.[Cl-]. The van der Waals surface area contributed by atoms with Crippen LogP contribution >= 0.6 is 0 Å². The third kappa shape index (κ3) is 6.08. The number of urea groups is 1. The highest BCUT2D eigenvalue weighted by Gasteiger charge is 2.07. The van der Waals surface area contributed by atoms with Gasteiger partial charge in [0, 0.05) is 30.7 Å². The Morgan fingerprint density at radius 2 is 1.77 bits per heavy atom. The Kier molecular flexibility index (Phi) is 8.65. The lowest BCUT2D eigenvalue weighted by molar-refractivity contribution is -0.00000888. The standard InChI is InChI=1S/C20H24FN3O.ClH/c1-4-24(5-2)18-10-11-19(15(3)14-18)23-20(25)22-13-12-16-6-8-17(21)9-7-16;/h6-14H,4-5H2,1-3H3,(H2,22,23,25);1H/p-1/b13-12+;. The van der Waals surface area contributed by atoms with Crippen LogP contribution < -0.4 is 27.9 Å². The minimum atomic E-state index is -0.322. The van der Waals surface area contributed by atoms with Gasteiger partial charge in [-0.1, -0.05) is 12.1 Å². The van der Waals surface area contributed by atoms with E-state index in [1.807, 2.05) is 19.1 Å². The van der Waals surface area contributed by atoms with Crippen molar-refractivity contribution in [3.8, 4) is 0 Å². The van der Waals surface area contributed by atoms with Crippen LogP contribution in [0.15, 0.2) is 48.7 Å². The van der Waals surface area contributed by atoms with Crippen molar-refractivity contribution in [2.75, 3.05) is 23.3 Å². The van der Waals surface area contributed by atoms with Gasteiger partial charge in [0.2, 0.25) is 0 Å². The largest absolute Gasteiger partial charge is 1.00 e. The van der Waals surface area contributed by atoms with Gasteiger partial charge in [0.1, 0.15) is 5.82 Å². The summed E-state index contributed by atoms with van der Waals surface area (Å²) in [7, 11) is 0. The van der Waals surface area contributed by atoms with Gasteiger partial charge in [-0.2, -0.15) is 0 Å². The van der Waals surface area contributed by atoms with Gasteiger partial charge in [-0.05, 0) is 68.3 Å². The van der Waals surface area contributed by atoms with Crippen molar-refractivity contribution in [2.24, 2.45) is 0 Å². The van der Waals surface area contributed by atoms with Gasteiger partial charge in [0.15, 0.2) is 0 Å². The van der Waals surface area contributed by atoms with Gasteiger partial charge in [0.25, 0.3) is 0 Å². The first-order valence-corrected chi connectivity index (χ1v) is 8.38. The predicted molar refractivity (Wildman–Crippen MR) is 102 cm³/mol. The molecule has 6 heteroatoms. The number of carbonyl (C=O) groups excluding carboxylic acids is 1. The Bertz CT molecular complexity index is 743. The van der Waals surface area contributed by atoms with Gasteiger partial charge in [-0.25, -0.2) is 9.18 Å². The summed E-state index contributed by atoms with van der Waals surface area (Å²) < 4.78 is 12.8. The van der Waals surface area contributed by atoms with Crippen LogP contribution in [0.1, 0.15) is 25.0 Å². The smallest absolute Gasteiger partial charge is 0.323 e. The highest BCUT2D eigenvalue weighted by atomic mass is 35.5. The second-order valence-corrected chi connectivity index (χ2v) is 5.65. The monoisotopic (exact) mass is 376 g/mol. The van der Waals surface area contributed by atoms with Gasteiger partial charge in [-0.3, -0.25) is 0 Å². The molecule has 0 fully saturated rings. The van der Waals surface area contributed by atoms with E-state index in [0.29, 0.717) is 0 Å². The molecule has 2 rings (SSSR count). The van der Waals surface area contributed by atoms with Crippen LogP contribution in [0.25, 0.3) is 6.08 Å². The Morgan fingerprint density at radius 1 is 1.12 bits per heavy atom. The average Bonchev–Trinajstić information content (AvgIpc) is 2.60. The maximum Gasteiger partial charge on any atom is 0.323 e. The zero-order valence-electron chi connectivity index (χ0n) is 15.2. The van der Waals surface area contributed by atoms with Crippen molar-refractivity contribution < 1.29 is 21.6 Å². The Morgan fingerprint density at radius 3 is 2.35 bits per heavy atom. The van der Waals surface area contributed by atoms with Crippen molar-refractivity contribution in [3.63, 3.8) is 0 Å². The van der Waals surface area contributed by atoms with Crippen LogP contribution in [0, 0.1) is 12.7 Å². The molecule has 2 amide bonds. The summed E-state index contributed by atoms with van der Waals surface area (Å²) >= 11 is 0. The molecule has 4 nitrogen and oxygen atoms in total. The number of rotatable bonds is 6. The Labute approximate surface area is 160 Å². The molecule has 2 N–H and O–H groups in total. The van der Waals surface area contributed by atoms with Crippen LogP contribution in [0.5, 0.6) is 0 Å². The van der Waals surface area contributed by atoms with E-state index in [1.54, 1.807) is 18.2 Å². The summed E-state index contributed by atoms with van der Waals surface area (Å²) in [5, 5.41) is 5.47. The van der Waals surface area contributed by atoms with Crippen LogP contribution in [-0.2, 0) is 0 Å². The molecule has 0 spiro atoms. The van der Waals surface area contributed by atoms with Gasteiger partial charge in [-0.15, -0.1) is 0 Å². The fourth-order valence-corrected chi connectivity index (χ4v) is 2.52. The molecule has 0 saturated heterocycles. The van der Waals surface area contributed by atoms with E-state index in [9.17, 15) is 9.18 Å². The summed E-state index contributed by atoms with van der Waals surface area (Å²) in [6.45, 7) is 8.09. The molecule has 0 unspecified atom stereocenters. The summed E-state index contributed by atoms with van der Waals surface area (Å²) in [4.78, 5) is 14.2. The lowest BCUT2D eigenvalue weighted by atomic mass is 10.1. The average molecular weight is 377 g/mol.